The third-order valence-electron chi connectivity index (χ3n) is 3.90. The van der Waals surface area contributed by atoms with Crippen molar-refractivity contribution in [2.45, 2.75) is 12.3 Å². The Hall–Kier alpha value is -1.22. The van der Waals surface area contributed by atoms with Gasteiger partial charge in [-0.2, -0.15) is 13.2 Å². The number of benzene rings is 1. The normalized spacial score (nSPS) is 15.9. The second-order valence-corrected chi connectivity index (χ2v) is 5.32. The minimum Gasteiger partial charge on any atom is -0.370 e. The highest BCUT2D eigenvalue weighted by Gasteiger charge is 2.31. The number of rotatable bonds is 4. The first-order valence-electron chi connectivity index (χ1n) is 7.30. The van der Waals surface area contributed by atoms with Crippen LogP contribution < -0.4 is 10.6 Å². The molecule has 1 fully saturated rings. The fraction of sp³-hybridized carbons (Fsp3) is 0.533. The molecule has 0 aromatic heterocycles. The van der Waals surface area contributed by atoms with Crippen LogP contribution in [0.3, 0.4) is 0 Å². The molecule has 1 amide bonds. The summed E-state index contributed by atoms with van der Waals surface area (Å²) in [6.45, 7) is 1.88. The molecule has 10 heteroatoms. The highest BCUT2D eigenvalue weighted by atomic mass is 35.5. The topological polar surface area (TPSA) is 58.8 Å². The average Bonchev–Trinajstić information content (AvgIpc) is 2.55. The van der Waals surface area contributed by atoms with Crippen LogP contribution in [0.5, 0.6) is 0 Å². The first kappa shape index (κ1) is 23.8. The zero-order valence-electron chi connectivity index (χ0n) is 13.7. The molecule has 1 saturated heterocycles. The Labute approximate surface area is 157 Å². The van der Waals surface area contributed by atoms with Gasteiger partial charge in [0.05, 0.1) is 5.56 Å². The first-order valence-corrected chi connectivity index (χ1v) is 7.30. The number of hydrogen-bond acceptors (Lipinski definition) is 4. The summed E-state index contributed by atoms with van der Waals surface area (Å²) in [6.07, 6.45) is -5.03. The third-order valence-corrected chi connectivity index (χ3v) is 3.90. The van der Waals surface area contributed by atoms with E-state index in [1.165, 1.54) is 13.2 Å². The summed E-state index contributed by atoms with van der Waals surface area (Å²) in [6, 6.07) is 5.22. The fourth-order valence-corrected chi connectivity index (χ4v) is 2.57. The van der Waals surface area contributed by atoms with E-state index in [1.54, 1.807) is 11.0 Å². The lowest BCUT2D eigenvalue weighted by molar-refractivity contribution is -0.141. The van der Waals surface area contributed by atoms with Crippen molar-refractivity contribution in [3.8, 4) is 0 Å². The predicted octanol–water partition coefficient (Wildman–Crippen LogP) is 2.17. The number of nitrogens with two attached hydrogens (primary N) is 1. The van der Waals surface area contributed by atoms with Crippen LogP contribution in [-0.4, -0.2) is 56.7 Å². The van der Waals surface area contributed by atoms with E-state index in [-0.39, 0.29) is 37.3 Å². The number of ether oxygens (including phenoxy) is 1. The van der Waals surface area contributed by atoms with Crippen molar-refractivity contribution in [1.29, 1.82) is 0 Å². The standard InChI is InChI=1S/C15H20F3N3O2.2ClH/c1-23-13(10-19)14(22)21-7-5-20(6-8-21)12-4-2-3-11(9-12)15(16,17)18;;/h2-4,9,13H,5-8,10,19H2,1H3;2*1H. The Morgan fingerprint density at radius 2 is 1.84 bits per heavy atom. The predicted molar refractivity (Wildman–Crippen MR) is 94.6 cm³/mol. The van der Waals surface area contributed by atoms with Gasteiger partial charge < -0.3 is 20.3 Å². The Bertz CT molecular complexity index is 549. The van der Waals surface area contributed by atoms with E-state index < -0.39 is 17.8 Å². The molecule has 1 unspecified atom stereocenters. The molecule has 0 radical (unpaired) electrons. The van der Waals surface area contributed by atoms with Crippen LogP contribution in [0, 0.1) is 0 Å². The summed E-state index contributed by atoms with van der Waals surface area (Å²) in [7, 11) is 1.42. The number of alkyl halides is 3. The van der Waals surface area contributed by atoms with Crippen molar-refractivity contribution >= 4 is 36.4 Å². The molecule has 5 nitrogen and oxygen atoms in total. The largest absolute Gasteiger partial charge is 0.416 e. The third kappa shape index (κ3) is 5.91. The maximum Gasteiger partial charge on any atom is 0.416 e. The molecule has 1 aromatic rings. The van der Waals surface area contributed by atoms with Gasteiger partial charge in [-0.05, 0) is 18.2 Å². The van der Waals surface area contributed by atoms with E-state index in [2.05, 4.69) is 0 Å². The molecule has 0 aliphatic carbocycles. The van der Waals surface area contributed by atoms with Crippen LogP contribution in [0.15, 0.2) is 24.3 Å². The van der Waals surface area contributed by atoms with Gasteiger partial charge in [-0.3, -0.25) is 4.79 Å². The summed E-state index contributed by atoms with van der Waals surface area (Å²) in [5, 5.41) is 0. The van der Waals surface area contributed by atoms with Gasteiger partial charge in [-0.15, -0.1) is 24.8 Å². The van der Waals surface area contributed by atoms with Crippen molar-refractivity contribution < 1.29 is 22.7 Å². The molecule has 0 saturated carbocycles. The van der Waals surface area contributed by atoms with Crippen molar-refractivity contribution in [2.24, 2.45) is 5.73 Å². The maximum atomic E-state index is 12.8. The number of carbonyl (C=O) groups is 1. The number of methoxy groups -OCH3 is 1. The van der Waals surface area contributed by atoms with E-state index in [4.69, 9.17) is 10.5 Å². The van der Waals surface area contributed by atoms with Crippen LogP contribution in [0.2, 0.25) is 0 Å². The van der Waals surface area contributed by atoms with E-state index in [0.717, 1.165) is 12.1 Å². The molecule has 1 heterocycles. The molecular weight excluding hydrogens is 382 g/mol. The maximum absolute atomic E-state index is 12.8. The minimum absolute atomic E-state index is 0. The highest BCUT2D eigenvalue weighted by molar-refractivity contribution is 5.85. The van der Waals surface area contributed by atoms with Gasteiger partial charge in [0.1, 0.15) is 6.10 Å². The molecule has 1 aromatic carbocycles. The molecule has 1 aliphatic rings. The second-order valence-electron chi connectivity index (χ2n) is 5.32. The van der Waals surface area contributed by atoms with Crippen molar-refractivity contribution in [1.82, 2.24) is 4.90 Å². The zero-order chi connectivity index (χ0) is 17.0. The second kappa shape index (κ2) is 10.1. The van der Waals surface area contributed by atoms with Crippen molar-refractivity contribution in [3.63, 3.8) is 0 Å². The molecule has 2 N–H and O–H groups in total. The van der Waals surface area contributed by atoms with Crippen molar-refractivity contribution in [3.05, 3.63) is 29.8 Å². The van der Waals surface area contributed by atoms with E-state index in [0.29, 0.717) is 31.9 Å². The number of amides is 1. The lowest BCUT2D eigenvalue weighted by Crippen LogP contribution is -2.53. The van der Waals surface area contributed by atoms with Gasteiger partial charge in [0, 0.05) is 45.5 Å². The molecule has 1 aliphatic heterocycles. The Balaban J connectivity index is 0.00000288. The minimum atomic E-state index is -4.36. The van der Waals surface area contributed by atoms with Gasteiger partial charge in [0.2, 0.25) is 0 Å². The summed E-state index contributed by atoms with van der Waals surface area (Å²) < 4.78 is 43.3. The summed E-state index contributed by atoms with van der Waals surface area (Å²) >= 11 is 0. The Morgan fingerprint density at radius 3 is 2.32 bits per heavy atom. The monoisotopic (exact) mass is 403 g/mol. The SMILES string of the molecule is COC(CN)C(=O)N1CCN(c2cccc(C(F)(F)F)c2)CC1.Cl.Cl. The summed E-state index contributed by atoms with van der Waals surface area (Å²) in [4.78, 5) is 15.6. The van der Waals surface area contributed by atoms with Crippen LogP contribution in [-0.2, 0) is 15.7 Å². The van der Waals surface area contributed by atoms with E-state index in [1.807, 2.05) is 4.90 Å². The summed E-state index contributed by atoms with van der Waals surface area (Å²) in [5.74, 6) is -0.182. The number of anilines is 1. The van der Waals surface area contributed by atoms with E-state index in [9.17, 15) is 18.0 Å². The molecule has 0 bridgehead atoms. The molecular formula is C15H22Cl2F3N3O2. The molecule has 25 heavy (non-hydrogen) atoms. The van der Waals surface area contributed by atoms with Crippen LogP contribution >= 0.6 is 24.8 Å². The molecule has 144 valence electrons. The van der Waals surface area contributed by atoms with E-state index >= 15 is 0 Å². The number of hydrogen-bond donors (Lipinski definition) is 1. The molecule has 2 rings (SSSR count). The van der Waals surface area contributed by atoms with Crippen LogP contribution in [0.1, 0.15) is 5.56 Å². The molecule has 0 spiro atoms. The average molecular weight is 404 g/mol. The number of piperazine rings is 1. The van der Waals surface area contributed by atoms with Gasteiger partial charge in [-0.1, -0.05) is 6.07 Å². The zero-order valence-corrected chi connectivity index (χ0v) is 15.3. The lowest BCUT2D eigenvalue weighted by Gasteiger charge is -2.37. The molecule has 1 atom stereocenters. The smallest absolute Gasteiger partial charge is 0.370 e. The number of nitrogens with zero attached hydrogens (tertiary/aromatic N) is 2. The van der Waals surface area contributed by atoms with Crippen LogP contribution in [0.25, 0.3) is 0 Å². The highest BCUT2D eigenvalue weighted by Crippen LogP contribution is 2.31. The number of carbonyl (C=O) groups excluding carboxylic acids is 1. The van der Waals surface area contributed by atoms with Gasteiger partial charge in [-0.25, -0.2) is 0 Å². The quantitative estimate of drug-likeness (QED) is 0.836. The Kier molecular flexibility index (Phi) is 9.57. The first-order chi connectivity index (χ1) is 10.9. The fourth-order valence-electron chi connectivity index (χ4n) is 2.57. The summed E-state index contributed by atoms with van der Waals surface area (Å²) in [5.41, 5.74) is 5.32. The Morgan fingerprint density at radius 1 is 1.24 bits per heavy atom. The van der Waals surface area contributed by atoms with Gasteiger partial charge in [0.25, 0.3) is 5.91 Å². The lowest BCUT2D eigenvalue weighted by atomic mass is 10.1. The number of halogens is 5. The van der Waals surface area contributed by atoms with Crippen molar-refractivity contribution in [2.75, 3.05) is 44.7 Å². The van der Waals surface area contributed by atoms with Gasteiger partial charge >= 0.3 is 6.18 Å². The van der Waals surface area contributed by atoms with Gasteiger partial charge in [0.15, 0.2) is 0 Å². The van der Waals surface area contributed by atoms with Crippen LogP contribution in [0.4, 0.5) is 18.9 Å².